The van der Waals surface area contributed by atoms with Gasteiger partial charge < -0.3 is 4.52 Å². The van der Waals surface area contributed by atoms with Gasteiger partial charge in [0.1, 0.15) is 0 Å². The van der Waals surface area contributed by atoms with Gasteiger partial charge in [0, 0.05) is 23.7 Å². The van der Waals surface area contributed by atoms with Gasteiger partial charge in [-0.2, -0.15) is 4.98 Å². The molecule has 128 valence electrons. The molecule has 2 heterocycles. The molecule has 1 fully saturated rings. The standard InChI is InChI=1S/C20H20ClN3O/c1-14-6-2-4-8-17(14)19-22-20(25-23-19)16-10-11-24(13-16)12-15-7-3-5-9-18(15)21/h2-9,16H,10-13H2,1H3/t16-/m1/s1. The van der Waals surface area contributed by atoms with Gasteiger partial charge in [0.2, 0.25) is 11.7 Å². The maximum absolute atomic E-state index is 6.27. The molecule has 0 unspecified atom stereocenters. The molecule has 1 atom stereocenters. The summed E-state index contributed by atoms with van der Waals surface area (Å²) in [5, 5.41) is 5.01. The average Bonchev–Trinajstić information content (AvgIpc) is 3.27. The lowest BCUT2D eigenvalue weighted by atomic mass is 10.1. The molecule has 0 bridgehead atoms. The van der Waals surface area contributed by atoms with E-state index in [0.717, 1.165) is 53.7 Å². The molecule has 2 aromatic carbocycles. The van der Waals surface area contributed by atoms with E-state index in [0.29, 0.717) is 5.82 Å². The highest BCUT2D eigenvalue weighted by Gasteiger charge is 2.29. The number of aromatic nitrogens is 2. The molecule has 4 nitrogen and oxygen atoms in total. The van der Waals surface area contributed by atoms with Crippen LogP contribution in [0.5, 0.6) is 0 Å². The third-order valence-corrected chi connectivity index (χ3v) is 5.17. The van der Waals surface area contributed by atoms with Crippen molar-refractivity contribution in [3.8, 4) is 11.4 Å². The van der Waals surface area contributed by atoms with Gasteiger partial charge >= 0.3 is 0 Å². The monoisotopic (exact) mass is 353 g/mol. The first-order chi connectivity index (χ1) is 12.2. The molecule has 0 saturated carbocycles. The van der Waals surface area contributed by atoms with Crippen LogP contribution in [0.1, 0.15) is 29.4 Å². The second kappa shape index (κ2) is 6.98. The van der Waals surface area contributed by atoms with Gasteiger partial charge in [-0.15, -0.1) is 0 Å². The Balaban J connectivity index is 1.46. The van der Waals surface area contributed by atoms with Crippen LogP contribution in [0, 0.1) is 6.92 Å². The normalized spacial score (nSPS) is 17.9. The smallest absolute Gasteiger partial charge is 0.231 e. The minimum Gasteiger partial charge on any atom is -0.339 e. The number of hydrogen-bond donors (Lipinski definition) is 0. The highest BCUT2D eigenvalue weighted by molar-refractivity contribution is 6.31. The lowest BCUT2D eigenvalue weighted by Crippen LogP contribution is -2.20. The van der Waals surface area contributed by atoms with Crippen molar-refractivity contribution < 1.29 is 4.52 Å². The lowest BCUT2D eigenvalue weighted by molar-refractivity contribution is 0.309. The first-order valence-corrected chi connectivity index (χ1v) is 8.94. The van der Waals surface area contributed by atoms with Crippen molar-refractivity contribution in [2.75, 3.05) is 13.1 Å². The molecule has 4 rings (SSSR count). The molecular weight excluding hydrogens is 334 g/mol. The van der Waals surface area contributed by atoms with Gasteiger partial charge in [0.15, 0.2) is 0 Å². The predicted octanol–water partition coefficient (Wildman–Crippen LogP) is 4.69. The van der Waals surface area contributed by atoms with E-state index in [-0.39, 0.29) is 5.92 Å². The SMILES string of the molecule is Cc1ccccc1-c1noc([C@@H]2CCN(Cc3ccccc3Cl)C2)n1. The Morgan fingerprint density at radius 3 is 2.80 bits per heavy atom. The largest absolute Gasteiger partial charge is 0.339 e. The molecule has 0 radical (unpaired) electrons. The molecule has 0 aliphatic carbocycles. The molecular formula is C20H20ClN3O. The fourth-order valence-electron chi connectivity index (χ4n) is 3.38. The van der Waals surface area contributed by atoms with Crippen molar-refractivity contribution in [1.29, 1.82) is 0 Å². The molecule has 1 aromatic heterocycles. The topological polar surface area (TPSA) is 42.2 Å². The molecule has 5 heteroatoms. The number of benzene rings is 2. The van der Waals surface area contributed by atoms with E-state index >= 15 is 0 Å². The Labute approximate surface area is 152 Å². The van der Waals surface area contributed by atoms with Crippen molar-refractivity contribution in [2.24, 2.45) is 0 Å². The second-order valence-corrected chi connectivity index (χ2v) is 6.99. The molecule has 1 aliphatic rings. The predicted molar refractivity (Wildman–Crippen MR) is 98.6 cm³/mol. The van der Waals surface area contributed by atoms with E-state index < -0.39 is 0 Å². The fraction of sp³-hybridized carbons (Fsp3) is 0.300. The summed E-state index contributed by atoms with van der Waals surface area (Å²) >= 11 is 6.27. The highest BCUT2D eigenvalue weighted by Crippen LogP contribution is 2.30. The summed E-state index contributed by atoms with van der Waals surface area (Å²) in [6.45, 7) is 4.85. The Bertz CT molecular complexity index is 877. The van der Waals surface area contributed by atoms with Gasteiger partial charge in [-0.05, 0) is 37.1 Å². The van der Waals surface area contributed by atoms with Gasteiger partial charge in [-0.25, -0.2) is 0 Å². The van der Waals surface area contributed by atoms with Crippen LogP contribution in [-0.4, -0.2) is 28.1 Å². The number of nitrogens with zero attached hydrogens (tertiary/aromatic N) is 3. The zero-order valence-corrected chi connectivity index (χ0v) is 14.9. The van der Waals surface area contributed by atoms with Crippen LogP contribution in [0.3, 0.4) is 0 Å². The Kier molecular flexibility index (Phi) is 4.55. The maximum Gasteiger partial charge on any atom is 0.231 e. The Hall–Kier alpha value is -2.17. The zero-order valence-electron chi connectivity index (χ0n) is 14.2. The van der Waals surface area contributed by atoms with E-state index in [1.165, 1.54) is 0 Å². The third kappa shape index (κ3) is 3.46. The van der Waals surface area contributed by atoms with E-state index in [9.17, 15) is 0 Å². The molecule has 1 aliphatic heterocycles. The van der Waals surface area contributed by atoms with Crippen LogP contribution in [-0.2, 0) is 6.54 Å². The molecule has 25 heavy (non-hydrogen) atoms. The summed E-state index contributed by atoms with van der Waals surface area (Å²) in [6.07, 6.45) is 1.03. The third-order valence-electron chi connectivity index (χ3n) is 4.80. The Morgan fingerprint density at radius 2 is 1.96 bits per heavy atom. The minimum atomic E-state index is 0.285. The quantitative estimate of drug-likeness (QED) is 0.682. The number of halogens is 1. The summed E-state index contributed by atoms with van der Waals surface area (Å²) < 4.78 is 5.57. The van der Waals surface area contributed by atoms with Crippen LogP contribution < -0.4 is 0 Å². The summed E-state index contributed by atoms with van der Waals surface area (Å²) in [7, 11) is 0. The maximum atomic E-state index is 6.27. The average molecular weight is 354 g/mol. The molecule has 0 N–H and O–H groups in total. The van der Waals surface area contributed by atoms with Crippen molar-refractivity contribution in [3.05, 3.63) is 70.6 Å². The molecule has 0 spiro atoms. The minimum absolute atomic E-state index is 0.285. The zero-order chi connectivity index (χ0) is 17.2. The number of likely N-dealkylation sites (tertiary alicyclic amines) is 1. The van der Waals surface area contributed by atoms with Gasteiger partial charge in [-0.3, -0.25) is 4.90 Å². The number of aryl methyl sites for hydroxylation is 1. The summed E-state index contributed by atoms with van der Waals surface area (Å²) in [4.78, 5) is 7.04. The van der Waals surface area contributed by atoms with Crippen LogP contribution in [0.15, 0.2) is 53.1 Å². The molecule has 3 aromatic rings. The van der Waals surface area contributed by atoms with Gasteiger partial charge in [0.25, 0.3) is 0 Å². The van der Waals surface area contributed by atoms with Crippen molar-refractivity contribution >= 4 is 11.6 Å². The lowest BCUT2D eigenvalue weighted by Gasteiger charge is -2.16. The summed E-state index contributed by atoms with van der Waals surface area (Å²) in [5.74, 6) is 1.70. The van der Waals surface area contributed by atoms with Gasteiger partial charge in [-0.1, -0.05) is 59.2 Å². The van der Waals surface area contributed by atoms with E-state index in [1.54, 1.807) is 0 Å². The van der Waals surface area contributed by atoms with Crippen molar-refractivity contribution in [1.82, 2.24) is 15.0 Å². The van der Waals surface area contributed by atoms with Crippen molar-refractivity contribution in [2.45, 2.75) is 25.8 Å². The molecule has 1 saturated heterocycles. The molecule has 0 amide bonds. The van der Waals surface area contributed by atoms with E-state index in [1.807, 2.05) is 36.4 Å². The number of rotatable bonds is 4. The van der Waals surface area contributed by atoms with E-state index in [2.05, 4.69) is 34.1 Å². The first kappa shape index (κ1) is 16.3. The van der Waals surface area contributed by atoms with E-state index in [4.69, 9.17) is 16.1 Å². The Morgan fingerprint density at radius 1 is 1.16 bits per heavy atom. The van der Waals surface area contributed by atoms with Crippen LogP contribution in [0.2, 0.25) is 5.02 Å². The second-order valence-electron chi connectivity index (χ2n) is 6.58. The highest BCUT2D eigenvalue weighted by atomic mass is 35.5. The fourth-order valence-corrected chi connectivity index (χ4v) is 3.58. The number of hydrogen-bond acceptors (Lipinski definition) is 4. The summed E-state index contributed by atoms with van der Waals surface area (Å²) in [6, 6.07) is 16.1. The summed E-state index contributed by atoms with van der Waals surface area (Å²) in [5.41, 5.74) is 3.35. The van der Waals surface area contributed by atoms with Crippen molar-refractivity contribution in [3.63, 3.8) is 0 Å². The van der Waals surface area contributed by atoms with Crippen LogP contribution >= 0.6 is 11.6 Å². The van der Waals surface area contributed by atoms with Crippen LogP contribution in [0.25, 0.3) is 11.4 Å². The van der Waals surface area contributed by atoms with Gasteiger partial charge in [0.05, 0.1) is 5.92 Å². The first-order valence-electron chi connectivity index (χ1n) is 8.56. The van der Waals surface area contributed by atoms with Crippen LogP contribution in [0.4, 0.5) is 0 Å².